The van der Waals surface area contributed by atoms with E-state index in [0.29, 0.717) is 18.2 Å². The molecule has 3 aliphatic heterocycles. The Balaban J connectivity index is 1.71. The Kier molecular flexibility index (Phi) is 3.80. The first-order valence-electron chi connectivity index (χ1n) is 7.10. The fourth-order valence-corrected chi connectivity index (χ4v) is 3.13. The van der Waals surface area contributed by atoms with E-state index in [-0.39, 0.29) is 11.7 Å². The van der Waals surface area contributed by atoms with Gasteiger partial charge in [-0.05, 0) is 31.8 Å². The van der Waals surface area contributed by atoms with Crippen molar-refractivity contribution in [2.45, 2.75) is 25.1 Å². The Labute approximate surface area is 124 Å². The minimum Gasteiger partial charge on any atom is -0.346 e. The molecule has 4 nitrogen and oxygen atoms in total. The number of pyridine rings is 1. The summed E-state index contributed by atoms with van der Waals surface area (Å²) in [5.41, 5.74) is -1.80. The molecule has 8 heteroatoms. The highest BCUT2D eigenvalue weighted by atomic mass is 19.4. The van der Waals surface area contributed by atoms with Crippen molar-refractivity contribution in [1.82, 2.24) is 15.2 Å². The van der Waals surface area contributed by atoms with E-state index in [9.17, 15) is 22.4 Å². The van der Waals surface area contributed by atoms with Crippen molar-refractivity contribution >= 4 is 5.91 Å². The molecule has 2 bridgehead atoms. The summed E-state index contributed by atoms with van der Waals surface area (Å²) in [6.45, 7) is 2.73. The molecule has 0 aromatic carbocycles. The van der Waals surface area contributed by atoms with Crippen molar-refractivity contribution in [3.05, 3.63) is 29.3 Å². The number of hydrogen-bond acceptors (Lipinski definition) is 3. The number of halogens is 4. The molecular formula is C14H15F4N3O. The summed E-state index contributed by atoms with van der Waals surface area (Å²) in [5.74, 6) is -1.75. The lowest BCUT2D eigenvalue weighted by atomic mass is 9.84. The molecule has 3 saturated heterocycles. The van der Waals surface area contributed by atoms with Gasteiger partial charge >= 0.3 is 6.18 Å². The fourth-order valence-electron chi connectivity index (χ4n) is 3.13. The first kappa shape index (κ1) is 15.2. The third-order valence-corrected chi connectivity index (χ3v) is 4.36. The zero-order chi connectivity index (χ0) is 15.9. The standard InChI is InChI=1S/C14H15F4N3O/c15-10-5-11(19-6-9(10)14(16,17)18)13(22)20-12-7-21-3-1-8(12)2-4-21/h5-6,8,12H,1-4,7H2,(H,20,22). The van der Waals surface area contributed by atoms with E-state index < -0.39 is 23.5 Å². The fraction of sp³-hybridized carbons (Fsp3) is 0.571. The van der Waals surface area contributed by atoms with Crippen LogP contribution in [0.3, 0.4) is 0 Å². The quantitative estimate of drug-likeness (QED) is 0.849. The van der Waals surface area contributed by atoms with E-state index in [4.69, 9.17) is 0 Å². The number of aromatic nitrogens is 1. The zero-order valence-electron chi connectivity index (χ0n) is 11.7. The van der Waals surface area contributed by atoms with Gasteiger partial charge in [0.2, 0.25) is 0 Å². The normalized spacial score (nSPS) is 27.7. The highest BCUT2D eigenvalue weighted by Crippen LogP contribution is 2.31. The molecule has 1 aromatic heterocycles. The lowest BCUT2D eigenvalue weighted by Gasteiger charge is -2.44. The van der Waals surface area contributed by atoms with Gasteiger partial charge in [-0.25, -0.2) is 4.39 Å². The van der Waals surface area contributed by atoms with Crippen LogP contribution in [0, 0.1) is 11.7 Å². The van der Waals surface area contributed by atoms with Crippen LogP contribution >= 0.6 is 0 Å². The molecule has 1 amide bonds. The number of rotatable bonds is 2. The number of hydrogen-bond donors (Lipinski definition) is 1. The first-order chi connectivity index (χ1) is 10.3. The van der Waals surface area contributed by atoms with Gasteiger partial charge in [-0.1, -0.05) is 0 Å². The van der Waals surface area contributed by atoms with Crippen molar-refractivity contribution in [3.63, 3.8) is 0 Å². The van der Waals surface area contributed by atoms with Crippen LogP contribution in [0.2, 0.25) is 0 Å². The van der Waals surface area contributed by atoms with E-state index in [1.165, 1.54) is 0 Å². The maximum Gasteiger partial charge on any atom is 0.420 e. The number of nitrogens with one attached hydrogen (secondary N) is 1. The number of alkyl halides is 3. The van der Waals surface area contributed by atoms with Gasteiger partial charge in [0.05, 0.1) is 0 Å². The average Bonchev–Trinajstić information content (AvgIpc) is 2.47. The second kappa shape index (κ2) is 5.49. The topological polar surface area (TPSA) is 45.2 Å². The van der Waals surface area contributed by atoms with Gasteiger partial charge in [0.1, 0.15) is 17.1 Å². The van der Waals surface area contributed by atoms with Crippen LogP contribution in [0.25, 0.3) is 0 Å². The Bertz CT molecular complexity index is 582. The summed E-state index contributed by atoms with van der Waals surface area (Å²) in [5, 5.41) is 2.76. The van der Waals surface area contributed by atoms with E-state index in [1.807, 2.05) is 0 Å². The van der Waals surface area contributed by atoms with Gasteiger partial charge < -0.3 is 10.2 Å². The summed E-state index contributed by atoms with van der Waals surface area (Å²) >= 11 is 0. The van der Waals surface area contributed by atoms with Crippen molar-refractivity contribution in [3.8, 4) is 0 Å². The van der Waals surface area contributed by atoms with Crippen molar-refractivity contribution in [1.29, 1.82) is 0 Å². The number of amides is 1. The Morgan fingerprint density at radius 1 is 1.32 bits per heavy atom. The monoisotopic (exact) mass is 317 g/mol. The third kappa shape index (κ3) is 2.92. The summed E-state index contributed by atoms with van der Waals surface area (Å²) in [4.78, 5) is 17.7. The minimum atomic E-state index is -4.82. The van der Waals surface area contributed by atoms with E-state index >= 15 is 0 Å². The summed E-state index contributed by atoms with van der Waals surface area (Å²) < 4.78 is 50.9. The van der Waals surface area contributed by atoms with Crippen molar-refractivity contribution < 1.29 is 22.4 Å². The van der Waals surface area contributed by atoms with E-state index in [1.54, 1.807) is 0 Å². The average molecular weight is 317 g/mol. The molecule has 0 saturated carbocycles. The predicted molar refractivity (Wildman–Crippen MR) is 69.6 cm³/mol. The lowest BCUT2D eigenvalue weighted by molar-refractivity contribution is -0.140. The van der Waals surface area contributed by atoms with Crippen molar-refractivity contribution in [2.24, 2.45) is 5.92 Å². The van der Waals surface area contributed by atoms with Crippen LogP contribution in [-0.4, -0.2) is 41.5 Å². The van der Waals surface area contributed by atoms with Gasteiger partial charge in [0.15, 0.2) is 0 Å². The minimum absolute atomic E-state index is 0.0536. The first-order valence-corrected chi connectivity index (χ1v) is 7.10. The second-order valence-electron chi connectivity index (χ2n) is 5.77. The number of carbonyl (C=O) groups excluding carboxylic acids is 1. The Morgan fingerprint density at radius 3 is 2.50 bits per heavy atom. The molecule has 0 aliphatic carbocycles. The highest BCUT2D eigenvalue weighted by Gasteiger charge is 2.37. The van der Waals surface area contributed by atoms with Crippen LogP contribution in [-0.2, 0) is 6.18 Å². The molecule has 120 valence electrons. The molecule has 0 radical (unpaired) electrons. The van der Waals surface area contributed by atoms with Crippen molar-refractivity contribution in [2.75, 3.05) is 19.6 Å². The molecule has 1 atom stereocenters. The number of nitrogens with zero attached hydrogens (tertiary/aromatic N) is 2. The predicted octanol–water partition coefficient (Wildman–Crippen LogP) is 2.06. The molecule has 3 fully saturated rings. The van der Waals surface area contributed by atoms with Gasteiger partial charge in [-0.2, -0.15) is 13.2 Å². The molecule has 4 heterocycles. The third-order valence-electron chi connectivity index (χ3n) is 4.36. The smallest absolute Gasteiger partial charge is 0.346 e. The van der Waals surface area contributed by atoms with Crippen LogP contribution in [0.15, 0.2) is 12.3 Å². The van der Waals surface area contributed by atoms with Gasteiger partial charge in [0.25, 0.3) is 5.91 Å². The Hall–Kier alpha value is -1.70. The second-order valence-corrected chi connectivity index (χ2v) is 5.77. The Morgan fingerprint density at radius 2 is 2.00 bits per heavy atom. The van der Waals surface area contributed by atoms with Gasteiger partial charge in [-0.15, -0.1) is 0 Å². The summed E-state index contributed by atoms with van der Waals surface area (Å²) in [6.07, 6.45) is -2.48. The zero-order valence-corrected chi connectivity index (χ0v) is 11.7. The van der Waals surface area contributed by atoms with Crippen LogP contribution in [0.5, 0.6) is 0 Å². The molecule has 1 unspecified atom stereocenters. The number of piperidine rings is 3. The van der Waals surface area contributed by atoms with Crippen LogP contribution < -0.4 is 5.32 Å². The molecular weight excluding hydrogens is 302 g/mol. The number of carbonyl (C=O) groups is 1. The molecule has 0 spiro atoms. The maximum absolute atomic E-state index is 13.5. The van der Waals surface area contributed by atoms with Crippen LogP contribution in [0.1, 0.15) is 28.9 Å². The summed E-state index contributed by atoms with van der Waals surface area (Å²) in [7, 11) is 0. The molecule has 3 aliphatic rings. The SMILES string of the molecule is O=C(NC1CN2CCC1CC2)c1cc(F)c(C(F)(F)F)cn1. The van der Waals surface area contributed by atoms with Gasteiger partial charge in [-0.3, -0.25) is 9.78 Å². The molecule has 1 N–H and O–H groups in total. The van der Waals surface area contributed by atoms with E-state index in [2.05, 4.69) is 15.2 Å². The van der Waals surface area contributed by atoms with Gasteiger partial charge in [0, 0.05) is 24.8 Å². The molecule has 22 heavy (non-hydrogen) atoms. The summed E-state index contributed by atoms with van der Waals surface area (Å²) in [6, 6.07) is 0.488. The molecule has 1 aromatic rings. The maximum atomic E-state index is 13.5. The van der Waals surface area contributed by atoms with E-state index in [0.717, 1.165) is 32.5 Å². The largest absolute Gasteiger partial charge is 0.420 e. The highest BCUT2D eigenvalue weighted by molar-refractivity contribution is 5.92. The number of fused-ring (bicyclic) bond motifs is 3. The molecule has 4 rings (SSSR count). The van der Waals surface area contributed by atoms with Crippen LogP contribution in [0.4, 0.5) is 17.6 Å². The lowest BCUT2D eigenvalue weighted by Crippen LogP contribution is -2.57.